The summed E-state index contributed by atoms with van der Waals surface area (Å²) >= 11 is 0. The number of halogens is 1. The summed E-state index contributed by atoms with van der Waals surface area (Å²) in [6, 6.07) is 3.28. The predicted octanol–water partition coefficient (Wildman–Crippen LogP) is 2.87. The van der Waals surface area contributed by atoms with Crippen LogP contribution in [0.15, 0.2) is 24.4 Å². The molecule has 0 aliphatic heterocycles. The maximum Gasteiger partial charge on any atom is 0.335 e. The molecule has 1 aromatic carbocycles. The molecule has 1 aliphatic carbocycles. The summed E-state index contributed by atoms with van der Waals surface area (Å²) in [4.78, 5) is 23.4. The molecule has 0 atom stereocenters. The lowest BCUT2D eigenvalue weighted by Gasteiger charge is -2.07. The first-order valence-electron chi connectivity index (χ1n) is 7.41. The van der Waals surface area contributed by atoms with Gasteiger partial charge in [-0.05, 0) is 38.0 Å². The molecule has 0 saturated heterocycles. The smallest absolute Gasteiger partial charge is 0.335 e. The number of amides is 1. The average molecular weight is 317 g/mol. The summed E-state index contributed by atoms with van der Waals surface area (Å²) in [5.74, 6) is -2.07. The summed E-state index contributed by atoms with van der Waals surface area (Å²) < 4.78 is 15.5. The van der Waals surface area contributed by atoms with Crippen molar-refractivity contribution in [3.05, 3.63) is 47.0 Å². The Morgan fingerprint density at radius 1 is 1.43 bits per heavy atom. The van der Waals surface area contributed by atoms with Gasteiger partial charge < -0.3 is 10.4 Å². The van der Waals surface area contributed by atoms with Crippen LogP contribution in [-0.4, -0.2) is 26.8 Å². The van der Waals surface area contributed by atoms with Crippen LogP contribution < -0.4 is 5.32 Å². The molecular weight excluding hydrogens is 301 g/mol. The minimum absolute atomic E-state index is 0.0895. The van der Waals surface area contributed by atoms with Crippen LogP contribution >= 0.6 is 0 Å². The fraction of sp³-hybridized carbons (Fsp3) is 0.312. The van der Waals surface area contributed by atoms with Crippen LogP contribution in [0.5, 0.6) is 0 Å². The van der Waals surface area contributed by atoms with E-state index in [1.165, 1.54) is 0 Å². The number of carboxylic acids is 1. The summed E-state index contributed by atoms with van der Waals surface area (Å²) in [7, 11) is 0. The van der Waals surface area contributed by atoms with Gasteiger partial charge in [-0.2, -0.15) is 5.10 Å². The lowest BCUT2D eigenvalue weighted by atomic mass is 10.1. The molecule has 7 heteroatoms. The molecular formula is C16H16FN3O3. The van der Waals surface area contributed by atoms with E-state index in [2.05, 4.69) is 10.4 Å². The van der Waals surface area contributed by atoms with E-state index >= 15 is 0 Å². The van der Waals surface area contributed by atoms with Crippen molar-refractivity contribution in [3.8, 4) is 0 Å². The third kappa shape index (κ3) is 3.08. The quantitative estimate of drug-likeness (QED) is 0.888. The molecule has 0 radical (unpaired) electrons. The fourth-order valence-electron chi connectivity index (χ4n) is 2.38. The third-order valence-corrected chi connectivity index (χ3v) is 3.78. The molecule has 3 rings (SSSR count). The number of hydrogen-bond donors (Lipinski definition) is 2. The number of carbonyl (C=O) groups is 2. The molecule has 1 amide bonds. The molecule has 2 aromatic rings. The average Bonchev–Trinajstić information content (AvgIpc) is 3.28. The van der Waals surface area contributed by atoms with Gasteiger partial charge in [-0.1, -0.05) is 0 Å². The first-order chi connectivity index (χ1) is 11.0. The number of carboxylic acid groups (broad SMARTS) is 1. The molecule has 0 spiro atoms. The highest BCUT2D eigenvalue weighted by Gasteiger charge is 2.31. The monoisotopic (exact) mass is 317 g/mol. The van der Waals surface area contributed by atoms with Crippen LogP contribution in [0.25, 0.3) is 0 Å². The molecule has 1 saturated carbocycles. The van der Waals surface area contributed by atoms with Crippen molar-refractivity contribution in [2.24, 2.45) is 0 Å². The molecule has 6 nitrogen and oxygen atoms in total. The van der Waals surface area contributed by atoms with Crippen molar-refractivity contribution in [2.75, 3.05) is 5.32 Å². The second-order valence-corrected chi connectivity index (χ2v) is 5.51. The zero-order valence-corrected chi connectivity index (χ0v) is 12.5. The zero-order valence-electron chi connectivity index (χ0n) is 12.5. The van der Waals surface area contributed by atoms with Gasteiger partial charge in [0, 0.05) is 18.7 Å². The minimum atomic E-state index is -1.18. The molecule has 120 valence electrons. The van der Waals surface area contributed by atoms with Crippen LogP contribution in [-0.2, 0) is 6.54 Å². The van der Waals surface area contributed by atoms with Crippen LogP contribution in [0.1, 0.15) is 52.1 Å². The van der Waals surface area contributed by atoms with E-state index in [0.29, 0.717) is 12.1 Å². The van der Waals surface area contributed by atoms with Crippen LogP contribution in [0.3, 0.4) is 0 Å². The first-order valence-corrected chi connectivity index (χ1v) is 7.41. The Kier molecular flexibility index (Phi) is 3.85. The number of aryl methyl sites for hydroxylation is 1. The van der Waals surface area contributed by atoms with Gasteiger partial charge in [0.1, 0.15) is 5.82 Å². The summed E-state index contributed by atoms with van der Waals surface area (Å²) in [6.45, 7) is 2.55. The van der Waals surface area contributed by atoms with E-state index in [0.717, 1.165) is 36.7 Å². The largest absolute Gasteiger partial charge is 0.478 e. The number of aromatic nitrogens is 2. The topological polar surface area (TPSA) is 84.2 Å². The lowest BCUT2D eigenvalue weighted by Crippen LogP contribution is -2.14. The Morgan fingerprint density at radius 2 is 2.17 bits per heavy atom. The van der Waals surface area contributed by atoms with E-state index in [1.807, 2.05) is 6.92 Å². The minimum Gasteiger partial charge on any atom is -0.478 e. The summed E-state index contributed by atoms with van der Waals surface area (Å²) in [5.41, 5.74) is 0.892. The Balaban J connectivity index is 1.89. The molecule has 23 heavy (non-hydrogen) atoms. The normalized spacial score (nSPS) is 13.8. The second kappa shape index (κ2) is 5.83. The van der Waals surface area contributed by atoms with Gasteiger partial charge in [-0.3, -0.25) is 9.48 Å². The number of benzene rings is 1. The van der Waals surface area contributed by atoms with Gasteiger partial charge in [0.2, 0.25) is 0 Å². The molecule has 1 aliphatic rings. The van der Waals surface area contributed by atoms with Gasteiger partial charge in [0.05, 0.1) is 22.5 Å². The van der Waals surface area contributed by atoms with Gasteiger partial charge in [-0.15, -0.1) is 0 Å². The highest BCUT2D eigenvalue weighted by molar-refractivity contribution is 6.05. The Labute approximate surface area is 131 Å². The maximum absolute atomic E-state index is 13.8. The van der Waals surface area contributed by atoms with E-state index in [-0.39, 0.29) is 17.2 Å². The highest BCUT2D eigenvalue weighted by atomic mass is 19.1. The number of nitrogens with one attached hydrogen (secondary N) is 1. The number of rotatable bonds is 5. The Hall–Kier alpha value is -2.70. The van der Waals surface area contributed by atoms with Gasteiger partial charge in [0.15, 0.2) is 0 Å². The molecule has 0 bridgehead atoms. The molecule has 1 aromatic heterocycles. The van der Waals surface area contributed by atoms with Gasteiger partial charge >= 0.3 is 5.97 Å². The second-order valence-electron chi connectivity index (χ2n) is 5.51. The van der Waals surface area contributed by atoms with E-state index in [1.54, 1.807) is 10.9 Å². The van der Waals surface area contributed by atoms with E-state index < -0.39 is 17.7 Å². The molecule has 1 heterocycles. The lowest BCUT2D eigenvalue weighted by molar-refractivity contribution is 0.0696. The SMILES string of the molecule is CCn1cc(C(=O)Nc2cc(C(=O)O)ccc2F)c(C2CC2)n1. The van der Waals surface area contributed by atoms with Crippen molar-refractivity contribution in [3.63, 3.8) is 0 Å². The predicted molar refractivity (Wildman–Crippen MR) is 81.2 cm³/mol. The van der Waals surface area contributed by atoms with Crippen LogP contribution in [0.4, 0.5) is 10.1 Å². The van der Waals surface area contributed by atoms with Crippen molar-refractivity contribution in [1.29, 1.82) is 0 Å². The molecule has 1 fully saturated rings. The number of carbonyl (C=O) groups excluding carboxylic acids is 1. The number of nitrogens with zero attached hydrogens (tertiary/aromatic N) is 2. The van der Waals surface area contributed by atoms with E-state index in [4.69, 9.17) is 5.11 Å². The van der Waals surface area contributed by atoms with E-state index in [9.17, 15) is 14.0 Å². The molecule has 0 unspecified atom stereocenters. The maximum atomic E-state index is 13.8. The van der Waals surface area contributed by atoms with Crippen molar-refractivity contribution in [2.45, 2.75) is 32.2 Å². The first kappa shape index (κ1) is 15.2. The van der Waals surface area contributed by atoms with Gasteiger partial charge in [0.25, 0.3) is 5.91 Å². The Bertz CT molecular complexity index is 781. The summed E-state index contributed by atoms with van der Waals surface area (Å²) in [5, 5.41) is 15.8. The Morgan fingerprint density at radius 3 is 2.78 bits per heavy atom. The fourth-order valence-corrected chi connectivity index (χ4v) is 2.38. The molecule has 2 N–H and O–H groups in total. The van der Waals surface area contributed by atoms with Crippen molar-refractivity contribution < 1.29 is 19.1 Å². The number of hydrogen-bond acceptors (Lipinski definition) is 3. The van der Waals surface area contributed by atoms with Crippen LogP contribution in [0.2, 0.25) is 0 Å². The van der Waals surface area contributed by atoms with Crippen molar-refractivity contribution in [1.82, 2.24) is 9.78 Å². The zero-order chi connectivity index (χ0) is 16.6. The number of anilines is 1. The summed E-state index contributed by atoms with van der Waals surface area (Å²) in [6.07, 6.45) is 3.62. The van der Waals surface area contributed by atoms with Crippen LogP contribution in [0, 0.1) is 5.82 Å². The third-order valence-electron chi connectivity index (χ3n) is 3.78. The standard InChI is InChI=1S/C16H16FN3O3/c1-2-20-8-11(14(19-20)9-3-4-9)15(21)18-13-7-10(16(22)23)5-6-12(13)17/h5-9H,2-4H2,1H3,(H,18,21)(H,22,23). The number of aromatic carboxylic acids is 1. The van der Waals surface area contributed by atoms with Crippen molar-refractivity contribution >= 4 is 17.6 Å². The highest BCUT2D eigenvalue weighted by Crippen LogP contribution is 2.40. The van der Waals surface area contributed by atoms with Gasteiger partial charge in [-0.25, -0.2) is 9.18 Å².